The highest BCUT2D eigenvalue weighted by atomic mass is 35.5. The standard InChI is InChI=1S/C20H20ClNO5S/c1-2-26-18-9-5-16(6-10-18)22(17-11-12-28(24,25)14-17)20(23)13-27-19-7-3-15(21)4-8-19/h3-12,17H,2,13-14H2,1H3/t17-/m0/s1. The minimum atomic E-state index is -3.33. The van der Waals surface area contributed by atoms with Crippen LogP contribution in [0.4, 0.5) is 5.69 Å². The lowest BCUT2D eigenvalue weighted by Crippen LogP contribution is -2.43. The number of amides is 1. The molecule has 1 amide bonds. The summed E-state index contributed by atoms with van der Waals surface area (Å²) in [4.78, 5) is 14.3. The topological polar surface area (TPSA) is 72.9 Å². The number of hydrogen-bond donors (Lipinski definition) is 0. The van der Waals surface area contributed by atoms with Crippen molar-refractivity contribution in [2.75, 3.05) is 23.9 Å². The molecule has 1 aliphatic heterocycles. The van der Waals surface area contributed by atoms with Gasteiger partial charge in [-0.2, -0.15) is 0 Å². The van der Waals surface area contributed by atoms with Gasteiger partial charge in [0.1, 0.15) is 11.5 Å². The summed E-state index contributed by atoms with van der Waals surface area (Å²) in [6.45, 7) is 2.17. The third-order valence-electron chi connectivity index (χ3n) is 4.11. The summed E-state index contributed by atoms with van der Waals surface area (Å²) >= 11 is 5.85. The number of nitrogens with zero attached hydrogens (tertiary/aromatic N) is 1. The van der Waals surface area contributed by atoms with E-state index in [4.69, 9.17) is 21.1 Å². The third kappa shape index (κ3) is 5.05. The Kier molecular flexibility index (Phi) is 6.26. The van der Waals surface area contributed by atoms with Crippen molar-refractivity contribution < 1.29 is 22.7 Å². The van der Waals surface area contributed by atoms with Gasteiger partial charge in [-0.25, -0.2) is 8.42 Å². The fourth-order valence-corrected chi connectivity index (χ4v) is 4.25. The second-order valence-electron chi connectivity index (χ2n) is 6.16. The lowest BCUT2D eigenvalue weighted by molar-refractivity contribution is -0.120. The largest absolute Gasteiger partial charge is 0.494 e. The van der Waals surface area contributed by atoms with Gasteiger partial charge in [0.15, 0.2) is 16.4 Å². The second-order valence-corrected chi connectivity index (χ2v) is 8.53. The normalized spacial score (nSPS) is 17.3. The number of hydrogen-bond acceptors (Lipinski definition) is 5. The van der Waals surface area contributed by atoms with Crippen LogP contribution in [0.1, 0.15) is 6.92 Å². The van der Waals surface area contributed by atoms with E-state index in [0.29, 0.717) is 28.8 Å². The van der Waals surface area contributed by atoms with Crippen LogP contribution in [0.5, 0.6) is 11.5 Å². The van der Waals surface area contributed by atoms with E-state index in [1.165, 1.54) is 11.0 Å². The first-order chi connectivity index (χ1) is 13.4. The predicted octanol–water partition coefficient (Wildman–Crippen LogP) is 3.46. The van der Waals surface area contributed by atoms with Crippen molar-refractivity contribution in [3.05, 3.63) is 65.0 Å². The highest BCUT2D eigenvalue weighted by Gasteiger charge is 2.31. The molecule has 8 heteroatoms. The van der Waals surface area contributed by atoms with Crippen LogP contribution in [0.15, 0.2) is 60.0 Å². The molecule has 0 aliphatic carbocycles. The van der Waals surface area contributed by atoms with E-state index in [1.54, 1.807) is 48.5 Å². The van der Waals surface area contributed by atoms with Crippen LogP contribution in [0, 0.1) is 0 Å². The number of anilines is 1. The van der Waals surface area contributed by atoms with Crippen molar-refractivity contribution in [3.63, 3.8) is 0 Å². The van der Waals surface area contributed by atoms with Gasteiger partial charge in [-0.05, 0) is 61.5 Å². The molecule has 0 spiro atoms. The molecule has 1 heterocycles. The van der Waals surface area contributed by atoms with E-state index in [1.807, 2.05) is 6.92 Å². The molecule has 28 heavy (non-hydrogen) atoms. The molecule has 0 unspecified atom stereocenters. The van der Waals surface area contributed by atoms with Crippen molar-refractivity contribution in [3.8, 4) is 11.5 Å². The molecule has 0 N–H and O–H groups in total. The number of sulfone groups is 1. The first-order valence-corrected chi connectivity index (χ1v) is 10.8. The molecule has 0 bridgehead atoms. The zero-order valence-corrected chi connectivity index (χ0v) is 16.8. The van der Waals surface area contributed by atoms with Crippen LogP contribution in [0.2, 0.25) is 5.02 Å². The summed E-state index contributed by atoms with van der Waals surface area (Å²) in [5.74, 6) is 0.655. The van der Waals surface area contributed by atoms with Crippen LogP contribution in [-0.4, -0.2) is 39.3 Å². The lowest BCUT2D eigenvalue weighted by Gasteiger charge is -2.27. The van der Waals surface area contributed by atoms with E-state index in [0.717, 1.165) is 5.41 Å². The maximum atomic E-state index is 12.9. The van der Waals surface area contributed by atoms with Gasteiger partial charge in [0.2, 0.25) is 0 Å². The summed E-state index contributed by atoms with van der Waals surface area (Å²) in [7, 11) is -3.33. The Labute approximate surface area is 169 Å². The average Bonchev–Trinajstić information content (AvgIpc) is 3.02. The number of ether oxygens (including phenoxy) is 2. The van der Waals surface area contributed by atoms with Gasteiger partial charge in [0.25, 0.3) is 5.91 Å². The third-order valence-corrected chi connectivity index (χ3v) is 5.74. The Balaban J connectivity index is 1.80. The van der Waals surface area contributed by atoms with Crippen LogP contribution in [0.25, 0.3) is 0 Å². The number of carbonyl (C=O) groups excluding carboxylic acids is 1. The molecule has 0 aromatic heterocycles. The average molecular weight is 422 g/mol. The van der Waals surface area contributed by atoms with Gasteiger partial charge in [0, 0.05) is 16.1 Å². The van der Waals surface area contributed by atoms with E-state index in [2.05, 4.69) is 0 Å². The van der Waals surface area contributed by atoms with Crippen LogP contribution in [-0.2, 0) is 14.6 Å². The van der Waals surface area contributed by atoms with Gasteiger partial charge in [-0.3, -0.25) is 4.79 Å². The Morgan fingerprint density at radius 1 is 1.07 bits per heavy atom. The summed E-state index contributed by atoms with van der Waals surface area (Å²) in [5.41, 5.74) is 0.569. The zero-order valence-electron chi connectivity index (χ0n) is 15.2. The first kappa shape index (κ1) is 20.2. The van der Waals surface area contributed by atoms with Crippen LogP contribution >= 0.6 is 11.6 Å². The minimum absolute atomic E-state index is 0.160. The van der Waals surface area contributed by atoms with Crippen LogP contribution < -0.4 is 14.4 Å². The monoisotopic (exact) mass is 421 g/mol. The van der Waals surface area contributed by atoms with E-state index >= 15 is 0 Å². The molecule has 6 nitrogen and oxygen atoms in total. The molecule has 2 aromatic carbocycles. The Hall–Kier alpha value is -2.51. The zero-order chi connectivity index (χ0) is 20.1. The molecular weight excluding hydrogens is 402 g/mol. The molecule has 3 rings (SSSR count). The van der Waals surface area contributed by atoms with E-state index in [-0.39, 0.29) is 18.3 Å². The second kappa shape index (κ2) is 8.67. The summed E-state index contributed by atoms with van der Waals surface area (Å²) in [5, 5.41) is 1.71. The maximum absolute atomic E-state index is 12.9. The molecule has 1 aliphatic rings. The van der Waals surface area contributed by atoms with Gasteiger partial charge in [-0.15, -0.1) is 0 Å². The minimum Gasteiger partial charge on any atom is -0.494 e. The first-order valence-electron chi connectivity index (χ1n) is 8.72. The van der Waals surface area contributed by atoms with Crippen LogP contribution in [0.3, 0.4) is 0 Å². The quantitative estimate of drug-likeness (QED) is 0.684. The maximum Gasteiger partial charge on any atom is 0.265 e. The molecule has 0 fully saturated rings. The number of benzene rings is 2. The van der Waals surface area contributed by atoms with Crippen molar-refractivity contribution in [2.45, 2.75) is 13.0 Å². The van der Waals surface area contributed by atoms with E-state index < -0.39 is 15.9 Å². The van der Waals surface area contributed by atoms with Crippen molar-refractivity contribution in [2.24, 2.45) is 0 Å². The number of carbonyl (C=O) groups is 1. The molecule has 148 valence electrons. The van der Waals surface area contributed by atoms with Gasteiger partial charge < -0.3 is 14.4 Å². The predicted molar refractivity (Wildman–Crippen MR) is 109 cm³/mol. The Morgan fingerprint density at radius 2 is 1.68 bits per heavy atom. The van der Waals surface area contributed by atoms with Crippen molar-refractivity contribution >= 4 is 33.0 Å². The Bertz CT molecular complexity index is 955. The molecule has 2 aromatic rings. The van der Waals surface area contributed by atoms with E-state index in [9.17, 15) is 13.2 Å². The fraction of sp³-hybridized carbons (Fsp3) is 0.250. The molecule has 1 atom stereocenters. The smallest absolute Gasteiger partial charge is 0.265 e. The number of halogens is 1. The number of rotatable bonds is 7. The summed E-state index contributed by atoms with van der Waals surface area (Å²) < 4.78 is 34.7. The van der Waals surface area contributed by atoms with Gasteiger partial charge in [-0.1, -0.05) is 11.6 Å². The molecule has 0 radical (unpaired) electrons. The summed E-state index contributed by atoms with van der Waals surface area (Å²) in [6.07, 6.45) is 1.52. The molecule has 0 saturated carbocycles. The molecular formula is C20H20ClNO5S. The van der Waals surface area contributed by atoms with Crippen molar-refractivity contribution in [1.82, 2.24) is 0 Å². The molecule has 0 saturated heterocycles. The lowest BCUT2D eigenvalue weighted by atomic mass is 10.2. The highest BCUT2D eigenvalue weighted by Crippen LogP contribution is 2.26. The van der Waals surface area contributed by atoms with Crippen molar-refractivity contribution in [1.29, 1.82) is 0 Å². The SMILES string of the molecule is CCOc1ccc(N(C(=O)COc2ccc(Cl)cc2)[C@H]2C=CS(=O)(=O)C2)cc1. The Morgan fingerprint density at radius 3 is 2.25 bits per heavy atom. The fourth-order valence-electron chi connectivity index (χ4n) is 2.86. The highest BCUT2D eigenvalue weighted by molar-refractivity contribution is 7.94. The van der Waals surface area contributed by atoms with Gasteiger partial charge in [0.05, 0.1) is 18.4 Å². The summed E-state index contributed by atoms with van der Waals surface area (Å²) in [6, 6.07) is 13.0. The van der Waals surface area contributed by atoms with Gasteiger partial charge >= 0.3 is 0 Å².